The minimum atomic E-state index is -2.14. The van der Waals surface area contributed by atoms with Gasteiger partial charge in [-0.15, -0.1) is 0 Å². The van der Waals surface area contributed by atoms with Gasteiger partial charge in [0.05, 0.1) is 25.0 Å². The van der Waals surface area contributed by atoms with Gasteiger partial charge in [-0.1, -0.05) is 41.5 Å². The highest BCUT2D eigenvalue weighted by Crippen LogP contribution is 2.11. The van der Waals surface area contributed by atoms with Crippen molar-refractivity contribution in [3.05, 3.63) is 0 Å². The van der Waals surface area contributed by atoms with Gasteiger partial charge in [-0.3, -0.25) is 57.5 Å². The average molecular weight is 1030 g/mol. The van der Waals surface area contributed by atoms with E-state index < -0.39 is 188 Å². The predicted octanol–water partition coefficient (Wildman–Crippen LogP) is -5.17. The first kappa shape index (κ1) is 65.0. The SMILES string of the molecule is CC(C)[C@H](N)C(=O)N[C@H](C(=O)N[C@@H](CC(=O)O)C(=O)N[C@@H](CC(=O)O)C(=O)N[C@@H](CCC(=O)O)C(=O)N[C@@H](CCC(N)=O)C(=O)N[C@H](C(=O)N[C@@H](CCCCN)C(=O)N[C@H](C(=O)O)[C@@H](C)O)C(C)C)C(C)C. The fourth-order valence-corrected chi connectivity index (χ4v) is 6.48. The lowest BCUT2D eigenvalue weighted by molar-refractivity contribution is -0.145. The van der Waals surface area contributed by atoms with Gasteiger partial charge < -0.3 is 85.3 Å². The van der Waals surface area contributed by atoms with E-state index in [2.05, 4.69) is 37.2 Å². The summed E-state index contributed by atoms with van der Waals surface area (Å²) in [5.41, 5.74) is 16.8. The third-order valence-corrected chi connectivity index (χ3v) is 10.8. The van der Waals surface area contributed by atoms with Crippen molar-refractivity contribution in [2.45, 2.75) is 167 Å². The zero-order valence-electron chi connectivity index (χ0n) is 41.4. The Kier molecular flexibility index (Phi) is 28.9. The van der Waals surface area contributed by atoms with Gasteiger partial charge in [0.25, 0.3) is 0 Å². The van der Waals surface area contributed by atoms with Crippen LogP contribution in [0.15, 0.2) is 0 Å². The Morgan fingerprint density at radius 1 is 0.417 bits per heavy atom. The summed E-state index contributed by atoms with van der Waals surface area (Å²) in [5.74, 6) is -18.2. The number of aliphatic hydroxyl groups excluding tert-OH is 1. The second-order valence-corrected chi connectivity index (χ2v) is 18.0. The molecule has 0 saturated heterocycles. The highest BCUT2D eigenvalue weighted by atomic mass is 16.4. The number of primary amides is 1. The van der Waals surface area contributed by atoms with Gasteiger partial charge in [-0.05, 0) is 63.3 Å². The lowest BCUT2D eigenvalue weighted by atomic mass is 9.99. The standard InChI is InChI=1S/C43H73N11O18/c1-18(2)31(46)40(68)53-33(20(5)6)42(70)51-26(17-30(61)62)39(67)50-25(16-29(59)60)38(66)48-24(12-14-28(57)58)35(63)47-23(11-13-27(45)56)37(65)52-32(19(3)4)41(69)49-22(10-8-9-15-44)36(64)54-34(21(7)55)43(71)72/h18-26,31-34,55H,8-17,44,46H2,1-7H3,(H2,45,56)(H,47,63)(H,48,66)(H,49,69)(H,50,67)(H,51,70)(H,52,65)(H,53,68)(H,54,64)(H,57,58)(H,59,60)(H,61,62)(H,71,72)/t21-,22+,23+,24+,25+,26+,31+,32+,33+,34+/m1/s1. The third-order valence-electron chi connectivity index (χ3n) is 10.8. The molecule has 408 valence electrons. The topological polar surface area (TPSA) is 497 Å². The maximum atomic E-state index is 13.9. The predicted molar refractivity (Wildman–Crippen MR) is 250 cm³/mol. The summed E-state index contributed by atoms with van der Waals surface area (Å²) < 4.78 is 0. The number of carboxylic acids is 4. The van der Waals surface area contributed by atoms with Gasteiger partial charge >= 0.3 is 23.9 Å². The van der Waals surface area contributed by atoms with E-state index in [1.165, 1.54) is 27.7 Å². The molecule has 72 heavy (non-hydrogen) atoms. The van der Waals surface area contributed by atoms with Gasteiger partial charge in [0, 0.05) is 12.8 Å². The average Bonchev–Trinajstić information content (AvgIpc) is 3.26. The van der Waals surface area contributed by atoms with Crippen molar-refractivity contribution in [1.29, 1.82) is 0 Å². The molecule has 29 nitrogen and oxygen atoms in total. The Hall–Kier alpha value is -7.01. The number of hydrogen-bond acceptors (Lipinski definition) is 16. The molecule has 19 N–H and O–H groups in total. The molecule has 0 bridgehead atoms. The molecule has 0 spiro atoms. The number of aliphatic carboxylic acids is 4. The number of rotatable bonds is 35. The Balaban J connectivity index is 6.78. The zero-order chi connectivity index (χ0) is 55.7. The van der Waals surface area contributed by atoms with Crippen LogP contribution in [0, 0.1) is 17.8 Å². The second kappa shape index (κ2) is 32.1. The molecule has 10 atom stereocenters. The summed E-state index contributed by atoms with van der Waals surface area (Å²) in [6.45, 7) is 10.6. The monoisotopic (exact) mass is 1030 g/mol. The highest BCUT2D eigenvalue weighted by Gasteiger charge is 2.37. The fraction of sp³-hybridized carbons (Fsp3) is 0.698. The summed E-state index contributed by atoms with van der Waals surface area (Å²) in [4.78, 5) is 167. The Bertz CT molecular complexity index is 1950. The number of carboxylic acid groups (broad SMARTS) is 4. The first-order valence-electron chi connectivity index (χ1n) is 23.1. The molecule has 0 aliphatic rings. The van der Waals surface area contributed by atoms with Gasteiger partial charge in [0.1, 0.15) is 42.3 Å². The second-order valence-electron chi connectivity index (χ2n) is 18.0. The van der Waals surface area contributed by atoms with Crippen LogP contribution in [0.2, 0.25) is 0 Å². The van der Waals surface area contributed by atoms with E-state index in [9.17, 15) is 87.9 Å². The van der Waals surface area contributed by atoms with Crippen molar-refractivity contribution in [2.75, 3.05) is 6.54 Å². The molecule has 0 saturated carbocycles. The van der Waals surface area contributed by atoms with Crippen LogP contribution in [0.4, 0.5) is 0 Å². The Morgan fingerprint density at radius 2 is 0.764 bits per heavy atom. The molecule has 9 amide bonds. The normalized spacial score (nSPS) is 15.3. The van der Waals surface area contributed by atoms with Crippen LogP contribution < -0.4 is 59.7 Å². The number of carbonyl (C=O) groups excluding carboxylic acids is 9. The van der Waals surface area contributed by atoms with Crippen molar-refractivity contribution in [3.8, 4) is 0 Å². The van der Waals surface area contributed by atoms with Crippen LogP contribution in [0.1, 0.15) is 106 Å². The number of unbranched alkanes of at least 4 members (excludes halogenated alkanes) is 1. The molecular weight excluding hydrogens is 959 g/mol. The summed E-state index contributed by atoms with van der Waals surface area (Å²) in [5, 5.41) is 66.0. The number of hydrogen-bond donors (Lipinski definition) is 16. The number of nitrogens with two attached hydrogens (primary N) is 3. The quantitative estimate of drug-likeness (QED) is 0.0264. The van der Waals surface area contributed by atoms with Gasteiger partial charge in [-0.2, -0.15) is 0 Å². The van der Waals surface area contributed by atoms with E-state index in [0.717, 1.165) is 6.92 Å². The molecule has 0 fully saturated rings. The third kappa shape index (κ3) is 24.2. The van der Waals surface area contributed by atoms with Crippen LogP contribution >= 0.6 is 0 Å². The number of aliphatic hydroxyl groups is 1. The van der Waals surface area contributed by atoms with Gasteiger partial charge in [0.2, 0.25) is 53.2 Å². The molecule has 0 radical (unpaired) electrons. The van der Waals surface area contributed by atoms with Crippen LogP contribution in [0.3, 0.4) is 0 Å². The van der Waals surface area contributed by atoms with Crippen molar-refractivity contribution in [3.63, 3.8) is 0 Å². The number of nitrogens with one attached hydrogen (secondary N) is 8. The molecule has 0 heterocycles. The van der Waals surface area contributed by atoms with Crippen molar-refractivity contribution >= 4 is 77.0 Å². The Morgan fingerprint density at radius 3 is 1.12 bits per heavy atom. The van der Waals surface area contributed by atoms with Crippen LogP contribution in [0.25, 0.3) is 0 Å². The van der Waals surface area contributed by atoms with E-state index in [1.54, 1.807) is 13.8 Å². The molecule has 0 unspecified atom stereocenters. The summed E-state index contributed by atoms with van der Waals surface area (Å²) >= 11 is 0. The first-order chi connectivity index (χ1) is 33.3. The molecule has 0 rings (SSSR count). The molecule has 0 aromatic heterocycles. The van der Waals surface area contributed by atoms with E-state index in [0.29, 0.717) is 6.42 Å². The van der Waals surface area contributed by atoms with Crippen molar-refractivity contribution in [2.24, 2.45) is 35.0 Å². The molecule has 0 aliphatic carbocycles. The minimum Gasteiger partial charge on any atom is -0.481 e. The molecule has 0 aromatic carbocycles. The van der Waals surface area contributed by atoms with Gasteiger partial charge in [-0.25, -0.2) is 4.79 Å². The van der Waals surface area contributed by atoms with E-state index >= 15 is 0 Å². The summed E-state index contributed by atoms with van der Waals surface area (Å²) in [7, 11) is 0. The van der Waals surface area contributed by atoms with E-state index in [-0.39, 0.29) is 25.3 Å². The van der Waals surface area contributed by atoms with Gasteiger partial charge in [0.15, 0.2) is 6.04 Å². The first-order valence-corrected chi connectivity index (χ1v) is 23.1. The lowest BCUT2D eigenvalue weighted by Gasteiger charge is -2.29. The minimum absolute atomic E-state index is 0.0643. The van der Waals surface area contributed by atoms with Crippen LogP contribution in [-0.2, 0) is 62.3 Å². The Labute approximate surface area is 415 Å². The maximum absolute atomic E-state index is 13.9. The number of amides is 9. The van der Waals surface area contributed by atoms with E-state index in [4.69, 9.17) is 17.2 Å². The van der Waals surface area contributed by atoms with E-state index in [1.807, 2.05) is 5.32 Å². The smallest absolute Gasteiger partial charge is 0.328 e. The molecule has 0 aliphatic heterocycles. The number of carbonyl (C=O) groups is 13. The summed E-state index contributed by atoms with van der Waals surface area (Å²) in [6.07, 6.45) is -6.01. The highest BCUT2D eigenvalue weighted by molar-refractivity contribution is 5.99. The summed E-state index contributed by atoms with van der Waals surface area (Å²) in [6, 6.07) is -14.9. The molecule has 0 aromatic rings. The van der Waals surface area contributed by atoms with Crippen molar-refractivity contribution in [1.82, 2.24) is 42.5 Å². The molecule has 29 heteroatoms. The largest absolute Gasteiger partial charge is 0.481 e. The van der Waals surface area contributed by atoms with Crippen LogP contribution in [0.5, 0.6) is 0 Å². The van der Waals surface area contributed by atoms with Crippen molar-refractivity contribution < 1.29 is 87.9 Å². The maximum Gasteiger partial charge on any atom is 0.328 e. The lowest BCUT2D eigenvalue weighted by Crippen LogP contribution is -2.61. The van der Waals surface area contributed by atoms with Crippen LogP contribution in [-0.4, -0.2) is 170 Å². The fourth-order valence-electron chi connectivity index (χ4n) is 6.48. The molecular formula is C43H73N11O18. The zero-order valence-corrected chi connectivity index (χ0v) is 41.4.